The number of carboxylic acids is 2. The van der Waals surface area contributed by atoms with Gasteiger partial charge in [-0.1, -0.05) is 38.5 Å². The van der Waals surface area contributed by atoms with Gasteiger partial charge in [0, 0.05) is 6.42 Å². The molecule has 0 spiro atoms. The highest BCUT2D eigenvalue weighted by atomic mass is 16.4. The van der Waals surface area contributed by atoms with Gasteiger partial charge in [-0.05, 0) is 12.8 Å². The van der Waals surface area contributed by atoms with Crippen molar-refractivity contribution < 1.29 is 19.8 Å². The molecule has 0 aliphatic carbocycles. The lowest BCUT2D eigenvalue weighted by Crippen LogP contribution is -2.29. The summed E-state index contributed by atoms with van der Waals surface area (Å²) in [7, 11) is 0. The molecule has 0 aliphatic rings. The average molecular weight is 245 g/mol. The van der Waals surface area contributed by atoms with Crippen LogP contribution in [0.4, 0.5) is 0 Å². The van der Waals surface area contributed by atoms with Crippen LogP contribution >= 0.6 is 0 Å². The number of nitrogens with two attached hydrogens (primary N) is 1. The molecule has 0 unspecified atom stereocenters. The predicted molar refractivity (Wildman–Crippen MR) is 64.8 cm³/mol. The summed E-state index contributed by atoms with van der Waals surface area (Å²) in [6.07, 6.45) is 7.56. The zero-order valence-electron chi connectivity index (χ0n) is 10.2. The van der Waals surface area contributed by atoms with Crippen LogP contribution in [0.1, 0.15) is 57.8 Å². The van der Waals surface area contributed by atoms with E-state index in [1.807, 2.05) is 0 Å². The van der Waals surface area contributed by atoms with Gasteiger partial charge in [0.15, 0.2) is 0 Å². The van der Waals surface area contributed by atoms with Gasteiger partial charge in [-0.3, -0.25) is 9.59 Å². The molecular weight excluding hydrogens is 222 g/mol. The van der Waals surface area contributed by atoms with Crippen LogP contribution in [0.3, 0.4) is 0 Å². The standard InChI is InChI=1S/C12H23NO4/c13-10(12(16)17)8-6-4-2-1-3-5-7-9-11(14)15/h10H,1-9,13H2,(H,14,15)(H,16,17)/t10-/m0/s1. The second-order valence-electron chi connectivity index (χ2n) is 4.35. The van der Waals surface area contributed by atoms with Crippen LogP contribution in [0.15, 0.2) is 0 Å². The lowest BCUT2D eigenvalue weighted by molar-refractivity contribution is -0.139. The second kappa shape index (κ2) is 10.1. The highest BCUT2D eigenvalue weighted by Crippen LogP contribution is 2.10. The molecular formula is C12H23NO4. The van der Waals surface area contributed by atoms with E-state index in [0.29, 0.717) is 6.42 Å². The van der Waals surface area contributed by atoms with Crippen molar-refractivity contribution in [2.24, 2.45) is 5.73 Å². The molecule has 5 heteroatoms. The zero-order valence-corrected chi connectivity index (χ0v) is 10.2. The Morgan fingerprint density at radius 2 is 1.35 bits per heavy atom. The first-order chi connectivity index (χ1) is 8.04. The van der Waals surface area contributed by atoms with E-state index in [4.69, 9.17) is 15.9 Å². The van der Waals surface area contributed by atoms with E-state index in [1.165, 1.54) is 0 Å². The molecule has 0 radical (unpaired) electrons. The number of hydrogen-bond donors (Lipinski definition) is 3. The Balaban J connectivity index is 3.14. The van der Waals surface area contributed by atoms with Gasteiger partial charge in [-0.2, -0.15) is 0 Å². The molecule has 0 aromatic heterocycles. The van der Waals surface area contributed by atoms with Gasteiger partial charge in [-0.25, -0.2) is 0 Å². The SMILES string of the molecule is N[C@@H](CCCCCCCCCC(=O)O)C(=O)O. The van der Waals surface area contributed by atoms with Gasteiger partial charge < -0.3 is 15.9 Å². The Morgan fingerprint density at radius 3 is 1.82 bits per heavy atom. The molecule has 0 amide bonds. The maximum Gasteiger partial charge on any atom is 0.320 e. The molecule has 0 aromatic carbocycles. The Hall–Kier alpha value is -1.10. The lowest BCUT2D eigenvalue weighted by atomic mass is 10.0. The van der Waals surface area contributed by atoms with Gasteiger partial charge in [0.2, 0.25) is 0 Å². The summed E-state index contributed by atoms with van der Waals surface area (Å²) in [5.74, 6) is -1.66. The number of hydrogen-bond acceptors (Lipinski definition) is 3. The average Bonchev–Trinajstić information content (AvgIpc) is 2.25. The van der Waals surface area contributed by atoms with Gasteiger partial charge >= 0.3 is 11.9 Å². The summed E-state index contributed by atoms with van der Waals surface area (Å²) in [4.78, 5) is 20.7. The van der Waals surface area contributed by atoms with E-state index < -0.39 is 18.0 Å². The summed E-state index contributed by atoms with van der Waals surface area (Å²) in [5, 5.41) is 17.0. The fourth-order valence-electron chi connectivity index (χ4n) is 1.65. The maximum atomic E-state index is 10.4. The van der Waals surface area contributed by atoms with E-state index in [1.54, 1.807) is 0 Å². The predicted octanol–water partition coefficient (Wildman–Crippen LogP) is 1.99. The molecule has 0 aromatic rings. The van der Waals surface area contributed by atoms with Crippen LogP contribution < -0.4 is 5.73 Å². The summed E-state index contributed by atoms with van der Waals surface area (Å²) < 4.78 is 0. The molecule has 1 atom stereocenters. The third-order valence-electron chi connectivity index (χ3n) is 2.72. The first-order valence-electron chi connectivity index (χ1n) is 6.24. The highest BCUT2D eigenvalue weighted by molar-refractivity contribution is 5.72. The largest absolute Gasteiger partial charge is 0.481 e. The zero-order chi connectivity index (χ0) is 13.1. The van der Waals surface area contributed by atoms with Crippen LogP contribution in [-0.4, -0.2) is 28.2 Å². The number of carbonyl (C=O) groups is 2. The van der Waals surface area contributed by atoms with Gasteiger partial charge in [0.25, 0.3) is 0 Å². The van der Waals surface area contributed by atoms with Gasteiger partial charge in [-0.15, -0.1) is 0 Å². The Morgan fingerprint density at radius 1 is 0.882 bits per heavy atom. The Bertz CT molecular complexity index is 231. The van der Waals surface area contributed by atoms with E-state index in [-0.39, 0.29) is 6.42 Å². The monoisotopic (exact) mass is 245 g/mol. The molecule has 4 N–H and O–H groups in total. The van der Waals surface area contributed by atoms with E-state index in [2.05, 4.69) is 0 Å². The minimum atomic E-state index is -0.932. The van der Waals surface area contributed by atoms with E-state index in [0.717, 1.165) is 44.9 Å². The minimum absolute atomic E-state index is 0.257. The topological polar surface area (TPSA) is 101 Å². The van der Waals surface area contributed by atoms with Gasteiger partial charge in [0.1, 0.15) is 6.04 Å². The number of rotatable bonds is 11. The first kappa shape index (κ1) is 15.9. The van der Waals surface area contributed by atoms with Crippen molar-refractivity contribution in [1.29, 1.82) is 0 Å². The summed E-state index contributed by atoms with van der Waals surface area (Å²) in [6.45, 7) is 0. The van der Waals surface area contributed by atoms with Crippen molar-refractivity contribution >= 4 is 11.9 Å². The molecule has 5 nitrogen and oxygen atoms in total. The number of carboxylic acid groups (broad SMARTS) is 2. The highest BCUT2D eigenvalue weighted by Gasteiger charge is 2.09. The molecule has 0 heterocycles. The van der Waals surface area contributed by atoms with Crippen LogP contribution in [0.5, 0.6) is 0 Å². The fraction of sp³-hybridized carbons (Fsp3) is 0.833. The van der Waals surface area contributed by atoms with Crippen molar-refractivity contribution in [3.63, 3.8) is 0 Å². The fourth-order valence-corrected chi connectivity index (χ4v) is 1.65. The number of unbranched alkanes of at least 4 members (excludes halogenated alkanes) is 6. The maximum absolute atomic E-state index is 10.4. The molecule has 0 rings (SSSR count). The molecule has 0 saturated carbocycles. The van der Waals surface area contributed by atoms with Crippen LogP contribution in [0.25, 0.3) is 0 Å². The minimum Gasteiger partial charge on any atom is -0.481 e. The summed E-state index contributed by atoms with van der Waals surface area (Å²) in [6, 6.07) is -0.731. The molecule has 0 fully saturated rings. The molecule has 17 heavy (non-hydrogen) atoms. The van der Waals surface area contributed by atoms with Crippen molar-refractivity contribution in [2.75, 3.05) is 0 Å². The molecule has 0 aliphatic heterocycles. The molecule has 0 bridgehead atoms. The van der Waals surface area contributed by atoms with Crippen molar-refractivity contribution in [2.45, 2.75) is 63.8 Å². The first-order valence-corrected chi connectivity index (χ1v) is 6.24. The Kier molecular flexibility index (Phi) is 9.43. The third-order valence-corrected chi connectivity index (χ3v) is 2.72. The number of aliphatic carboxylic acids is 2. The second-order valence-corrected chi connectivity index (χ2v) is 4.35. The molecule has 100 valence electrons. The summed E-state index contributed by atoms with van der Waals surface area (Å²) in [5.41, 5.74) is 5.37. The van der Waals surface area contributed by atoms with Crippen molar-refractivity contribution in [3.8, 4) is 0 Å². The van der Waals surface area contributed by atoms with E-state index in [9.17, 15) is 9.59 Å². The Labute approximate surface area is 102 Å². The van der Waals surface area contributed by atoms with Crippen molar-refractivity contribution in [3.05, 3.63) is 0 Å². The van der Waals surface area contributed by atoms with Crippen LogP contribution in [0, 0.1) is 0 Å². The normalized spacial score (nSPS) is 12.3. The van der Waals surface area contributed by atoms with Crippen LogP contribution in [-0.2, 0) is 9.59 Å². The van der Waals surface area contributed by atoms with Gasteiger partial charge in [0.05, 0.1) is 0 Å². The van der Waals surface area contributed by atoms with E-state index >= 15 is 0 Å². The lowest BCUT2D eigenvalue weighted by Gasteiger charge is -2.05. The van der Waals surface area contributed by atoms with Crippen molar-refractivity contribution in [1.82, 2.24) is 0 Å². The quantitative estimate of drug-likeness (QED) is 0.483. The van der Waals surface area contributed by atoms with Crippen LogP contribution in [0.2, 0.25) is 0 Å². The third kappa shape index (κ3) is 11.2. The summed E-state index contributed by atoms with van der Waals surface area (Å²) >= 11 is 0. The smallest absolute Gasteiger partial charge is 0.320 e. The molecule has 0 saturated heterocycles.